The van der Waals surface area contributed by atoms with Gasteiger partial charge >= 0.3 is 0 Å². The molecule has 20 heavy (non-hydrogen) atoms. The standard InChI is InChI=1S/C17H27NOS/c1-4-11-19-16-8-6-15(7-9-16)14(2)18-13-17(3)10-5-12-20-17/h6-9,14,18H,4-5,10-13H2,1-3H3. The third kappa shape index (κ3) is 4.42. The van der Waals surface area contributed by atoms with Gasteiger partial charge in [-0.2, -0.15) is 11.8 Å². The van der Waals surface area contributed by atoms with Gasteiger partial charge < -0.3 is 10.1 Å². The molecule has 2 atom stereocenters. The van der Waals surface area contributed by atoms with Crippen LogP contribution in [0.25, 0.3) is 0 Å². The molecular weight excluding hydrogens is 266 g/mol. The zero-order chi connectivity index (χ0) is 14.4. The summed E-state index contributed by atoms with van der Waals surface area (Å²) in [4.78, 5) is 0. The van der Waals surface area contributed by atoms with Gasteiger partial charge in [-0.15, -0.1) is 0 Å². The lowest BCUT2D eigenvalue weighted by atomic mass is 10.0. The lowest BCUT2D eigenvalue weighted by molar-refractivity contribution is 0.317. The summed E-state index contributed by atoms with van der Waals surface area (Å²) in [5.74, 6) is 2.29. The Bertz CT molecular complexity index is 398. The van der Waals surface area contributed by atoms with E-state index in [1.165, 1.54) is 24.2 Å². The summed E-state index contributed by atoms with van der Waals surface area (Å²) in [5.41, 5.74) is 1.33. The van der Waals surface area contributed by atoms with Crippen LogP contribution in [0.2, 0.25) is 0 Å². The van der Waals surface area contributed by atoms with Crippen LogP contribution < -0.4 is 10.1 Å². The maximum Gasteiger partial charge on any atom is 0.119 e. The zero-order valence-corrected chi connectivity index (χ0v) is 13.8. The van der Waals surface area contributed by atoms with E-state index < -0.39 is 0 Å². The molecule has 0 bridgehead atoms. The second-order valence-corrected chi connectivity index (χ2v) is 7.60. The van der Waals surface area contributed by atoms with E-state index in [0.29, 0.717) is 10.8 Å². The first-order valence-electron chi connectivity index (χ1n) is 7.73. The third-order valence-corrected chi connectivity index (χ3v) is 5.47. The molecule has 0 aliphatic carbocycles. The van der Waals surface area contributed by atoms with E-state index in [1.807, 2.05) is 0 Å². The Morgan fingerprint density at radius 2 is 2.10 bits per heavy atom. The largest absolute Gasteiger partial charge is 0.494 e. The molecule has 0 spiro atoms. The minimum absolute atomic E-state index is 0.397. The van der Waals surface area contributed by atoms with Crippen LogP contribution in [0.5, 0.6) is 5.75 Å². The Morgan fingerprint density at radius 3 is 2.70 bits per heavy atom. The monoisotopic (exact) mass is 293 g/mol. The Morgan fingerprint density at radius 1 is 1.35 bits per heavy atom. The highest BCUT2D eigenvalue weighted by Crippen LogP contribution is 2.37. The molecule has 1 saturated heterocycles. The van der Waals surface area contributed by atoms with Crippen molar-refractivity contribution in [2.24, 2.45) is 0 Å². The highest BCUT2D eigenvalue weighted by atomic mass is 32.2. The fraction of sp³-hybridized carbons (Fsp3) is 0.647. The fourth-order valence-corrected chi connectivity index (χ4v) is 3.79. The number of rotatable bonds is 7. The number of benzene rings is 1. The van der Waals surface area contributed by atoms with Crippen LogP contribution in [-0.4, -0.2) is 23.7 Å². The van der Waals surface area contributed by atoms with Gasteiger partial charge in [0, 0.05) is 17.3 Å². The van der Waals surface area contributed by atoms with Crippen molar-refractivity contribution in [1.29, 1.82) is 0 Å². The number of hydrogen-bond acceptors (Lipinski definition) is 3. The van der Waals surface area contributed by atoms with Crippen molar-refractivity contribution < 1.29 is 4.74 Å². The van der Waals surface area contributed by atoms with Crippen LogP contribution in [0.3, 0.4) is 0 Å². The fourth-order valence-electron chi connectivity index (χ4n) is 2.54. The molecule has 2 unspecified atom stereocenters. The van der Waals surface area contributed by atoms with Gasteiger partial charge in [0.15, 0.2) is 0 Å². The SMILES string of the molecule is CCCOc1ccc(C(C)NCC2(C)CCCS2)cc1. The van der Waals surface area contributed by atoms with E-state index in [2.05, 4.69) is 62.1 Å². The molecule has 0 amide bonds. The van der Waals surface area contributed by atoms with Crippen molar-refractivity contribution in [2.75, 3.05) is 18.9 Å². The second-order valence-electron chi connectivity index (χ2n) is 5.92. The third-order valence-electron chi connectivity index (χ3n) is 3.94. The highest BCUT2D eigenvalue weighted by molar-refractivity contribution is 8.00. The van der Waals surface area contributed by atoms with Crippen molar-refractivity contribution in [1.82, 2.24) is 5.32 Å². The van der Waals surface area contributed by atoms with Crippen LogP contribution in [0.15, 0.2) is 24.3 Å². The predicted octanol–water partition coefficient (Wildman–Crippen LogP) is 4.41. The first-order chi connectivity index (χ1) is 9.63. The van der Waals surface area contributed by atoms with E-state index in [4.69, 9.17) is 4.74 Å². The molecule has 1 N–H and O–H groups in total. The maximum absolute atomic E-state index is 5.62. The number of hydrogen-bond donors (Lipinski definition) is 1. The van der Waals surface area contributed by atoms with Crippen molar-refractivity contribution >= 4 is 11.8 Å². The molecule has 112 valence electrons. The Balaban J connectivity index is 1.84. The van der Waals surface area contributed by atoms with E-state index in [1.54, 1.807) is 0 Å². The average molecular weight is 293 g/mol. The molecule has 0 aromatic heterocycles. The van der Waals surface area contributed by atoms with E-state index >= 15 is 0 Å². The van der Waals surface area contributed by atoms with E-state index in [-0.39, 0.29) is 0 Å². The Labute approximate surface area is 127 Å². The summed E-state index contributed by atoms with van der Waals surface area (Å²) >= 11 is 2.11. The Hall–Kier alpha value is -0.670. The number of nitrogens with one attached hydrogen (secondary N) is 1. The molecule has 1 aromatic carbocycles. The van der Waals surface area contributed by atoms with Crippen molar-refractivity contribution in [2.45, 2.75) is 50.8 Å². The average Bonchev–Trinajstić information content (AvgIpc) is 2.90. The smallest absolute Gasteiger partial charge is 0.119 e. The van der Waals surface area contributed by atoms with Crippen LogP contribution in [0, 0.1) is 0 Å². The predicted molar refractivity (Wildman–Crippen MR) is 88.7 cm³/mol. The molecule has 0 saturated carbocycles. The maximum atomic E-state index is 5.62. The molecule has 1 heterocycles. The van der Waals surface area contributed by atoms with Gasteiger partial charge in [0.05, 0.1) is 6.61 Å². The molecule has 2 nitrogen and oxygen atoms in total. The van der Waals surface area contributed by atoms with Gasteiger partial charge in [0.2, 0.25) is 0 Å². The first kappa shape index (κ1) is 15.7. The van der Waals surface area contributed by atoms with Crippen LogP contribution in [-0.2, 0) is 0 Å². The number of thioether (sulfide) groups is 1. The second kappa shape index (κ2) is 7.37. The normalized spacial score (nSPS) is 23.8. The number of ether oxygens (including phenoxy) is 1. The minimum Gasteiger partial charge on any atom is -0.494 e. The van der Waals surface area contributed by atoms with Crippen LogP contribution >= 0.6 is 11.8 Å². The van der Waals surface area contributed by atoms with Crippen LogP contribution in [0.4, 0.5) is 0 Å². The molecule has 1 aliphatic heterocycles. The summed E-state index contributed by atoms with van der Waals surface area (Å²) in [6, 6.07) is 8.90. The van der Waals surface area contributed by atoms with Crippen molar-refractivity contribution in [3.8, 4) is 5.75 Å². The molecule has 1 fully saturated rings. The van der Waals surface area contributed by atoms with Crippen molar-refractivity contribution in [3.05, 3.63) is 29.8 Å². The summed E-state index contributed by atoms with van der Waals surface area (Å²) in [6.07, 6.45) is 3.75. The first-order valence-corrected chi connectivity index (χ1v) is 8.72. The minimum atomic E-state index is 0.397. The van der Waals surface area contributed by atoms with E-state index in [0.717, 1.165) is 25.3 Å². The molecule has 2 rings (SSSR count). The lowest BCUT2D eigenvalue weighted by Gasteiger charge is -2.26. The topological polar surface area (TPSA) is 21.3 Å². The van der Waals surface area contributed by atoms with E-state index in [9.17, 15) is 0 Å². The highest BCUT2D eigenvalue weighted by Gasteiger charge is 2.29. The Kier molecular flexibility index (Phi) is 5.79. The van der Waals surface area contributed by atoms with Gasteiger partial charge in [-0.05, 0) is 56.6 Å². The van der Waals surface area contributed by atoms with Gasteiger partial charge in [0.25, 0.3) is 0 Å². The zero-order valence-electron chi connectivity index (χ0n) is 12.9. The summed E-state index contributed by atoms with van der Waals surface area (Å²) < 4.78 is 6.05. The molecular formula is C17H27NOS. The van der Waals surface area contributed by atoms with Gasteiger partial charge in [0.1, 0.15) is 5.75 Å². The quantitative estimate of drug-likeness (QED) is 0.804. The lowest BCUT2D eigenvalue weighted by Crippen LogP contribution is -2.34. The van der Waals surface area contributed by atoms with Crippen LogP contribution in [0.1, 0.15) is 51.6 Å². The van der Waals surface area contributed by atoms with Gasteiger partial charge in [-0.3, -0.25) is 0 Å². The molecule has 0 radical (unpaired) electrons. The van der Waals surface area contributed by atoms with Gasteiger partial charge in [-0.1, -0.05) is 19.1 Å². The molecule has 3 heteroatoms. The summed E-state index contributed by atoms with van der Waals surface area (Å²) in [6.45, 7) is 8.63. The van der Waals surface area contributed by atoms with Gasteiger partial charge in [-0.25, -0.2) is 0 Å². The van der Waals surface area contributed by atoms with Crippen molar-refractivity contribution in [3.63, 3.8) is 0 Å². The molecule has 1 aliphatic rings. The summed E-state index contributed by atoms with van der Waals surface area (Å²) in [7, 11) is 0. The molecule has 1 aromatic rings. The summed E-state index contributed by atoms with van der Waals surface area (Å²) in [5, 5.41) is 3.68.